The molecule has 0 radical (unpaired) electrons. The fourth-order valence-corrected chi connectivity index (χ4v) is 3.40. The monoisotopic (exact) mass is 281 g/mol. The second-order valence-corrected chi connectivity index (χ2v) is 5.86. The SMILES string of the molecule is NC(CN1CCN2CCCC2C1)c1cc(F)ccc1F. The highest BCUT2D eigenvalue weighted by Gasteiger charge is 2.31. The van der Waals surface area contributed by atoms with E-state index < -0.39 is 17.7 Å². The number of rotatable bonds is 3. The molecule has 2 fully saturated rings. The maximum atomic E-state index is 13.7. The first-order valence-corrected chi connectivity index (χ1v) is 7.30. The number of halogens is 2. The largest absolute Gasteiger partial charge is 0.323 e. The van der Waals surface area contributed by atoms with E-state index in [0.29, 0.717) is 12.6 Å². The minimum atomic E-state index is -0.473. The highest BCUT2D eigenvalue weighted by molar-refractivity contribution is 5.22. The van der Waals surface area contributed by atoms with Gasteiger partial charge in [-0.15, -0.1) is 0 Å². The van der Waals surface area contributed by atoms with Crippen LogP contribution in [0.2, 0.25) is 0 Å². The summed E-state index contributed by atoms with van der Waals surface area (Å²) >= 11 is 0. The highest BCUT2D eigenvalue weighted by Crippen LogP contribution is 2.23. The maximum absolute atomic E-state index is 13.7. The maximum Gasteiger partial charge on any atom is 0.128 e. The number of fused-ring (bicyclic) bond motifs is 1. The van der Waals surface area contributed by atoms with Crippen molar-refractivity contribution in [1.29, 1.82) is 0 Å². The van der Waals surface area contributed by atoms with Gasteiger partial charge in [0.2, 0.25) is 0 Å². The Morgan fingerprint density at radius 3 is 2.95 bits per heavy atom. The van der Waals surface area contributed by atoms with Crippen LogP contribution in [0, 0.1) is 11.6 Å². The zero-order chi connectivity index (χ0) is 14.1. The van der Waals surface area contributed by atoms with E-state index in [1.54, 1.807) is 0 Å². The van der Waals surface area contributed by atoms with Gasteiger partial charge in [-0.3, -0.25) is 9.80 Å². The molecule has 110 valence electrons. The van der Waals surface area contributed by atoms with Gasteiger partial charge in [0.05, 0.1) is 0 Å². The van der Waals surface area contributed by atoms with Gasteiger partial charge >= 0.3 is 0 Å². The van der Waals surface area contributed by atoms with Crippen LogP contribution in [0.15, 0.2) is 18.2 Å². The summed E-state index contributed by atoms with van der Waals surface area (Å²) in [5, 5.41) is 0. The van der Waals surface area contributed by atoms with E-state index in [2.05, 4.69) is 9.80 Å². The lowest BCUT2D eigenvalue weighted by atomic mass is 10.0. The molecule has 2 aliphatic rings. The second-order valence-electron chi connectivity index (χ2n) is 5.86. The Kier molecular flexibility index (Phi) is 4.01. The van der Waals surface area contributed by atoms with Crippen LogP contribution in [0.3, 0.4) is 0 Å². The van der Waals surface area contributed by atoms with Gasteiger partial charge in [0.25, 0.3) is 0 Å². The predicted octanol–water partition coefficient (Wildman–Crippen LogP) is 1.74. The van der Waals surface area contributed by atoms with E-state index in [0.717, 1.165) is 31.8 Å². The molecule has 0 saturated carbocycles. The van der Waals surface area contributed by atoms with Gasteiger partial charge in [-0.25, -0.2) is 8.78 Å². The van der Waals surface area contributed by atoms with Crippen LogP contribution in [-0.4, -0.2) is 48.6 Å². The van der Waals surface area contributed by atoms with Crippen LogP contribution in [0.5, 0.6) is 0 Å². The Balaban J connectivity index is 1.64. The first kappa shape index (κ1) is 13.9. The molecular weight excluding hydrogens is 260 g/mol. The molecule has 0 spiro atoms. The van der Waals surface area contributed by atoms with Crippen molar-refractivity contribution in [2.24, 2.45) is 5.73 Å². The van der Waals surface area contributed by atoms with E-state index in [-0.39, 0.29) is 5.56 Å². The topological polar surface area (TPSA) is 32.5 Å². The molecule has 2 atom stereocenters. The summed E-state index contributed by atoms with van der Waals surface area (Å²) in [5.74, 6) is -0.851. The van der Waals surface area contributed by atoms with Crippen LogP contribution < -0.4 is 5.73 Å². The van der Waals surface area contributed by atoms with Crippen molar-refractivity contribution >= 4 is 0 Å². The van der Waals surface area contributed by atoms with Gasteiger partial charge in [0.1, 0.15) is 11.6 Å². The Bertz CT molecular complexity index is 480. The first-order valence-electron chi connectivity index (χ1n) is 7.30. The van der Waals surface area contributed by atoms with Gasteiger partial charge in [0, 0.05) is 43.8 Å². The highest BCUT2D eigenvalue weighted by atomic mass is 19.1. The molecule has 0 aliphatic carbocycles. The van der Waals surface area contributed by atoms with Crippen molar-refractivity contribution in [1.82, 2.24) is 9.80 Å². The number of hydrogen-bond acceptors (Lipinski definition) is 3. The van der Waals surface area contributed by atoms with Crippen molar-refractivity contribution < 1.29 is 8.78 Å². The summed E-state index contributed by atoms with van der Waals surface area (Å²) < 4.78 is 26.9. The standard InChI is InChI=1S/C15H21F2N3/c16-11-3-4-14(17)13(8-11)15(18)10-19-6-7-20-5-1-2-12(20)9-19/h3-4,8,12,15H,1-2,5-7,9-10,18H2. The third kappa shape index (κ3) is 2.85. The van der Waals surface area contributed by atoms with E-state index in [9.17, 15) is 8.78 Å². The lowest BCUT2D eigenvalue weighted by Crippen LogP contribution is -2.51. The van der Waals surface area contributed by atoms with Crippen LogP contribution in [0.4, 0.5) is 8.78 Å². The molecule has 1 aromatic rings. The van der Waals surface area contributed by atoms with Crippen LogP contribution >= 0.6 is 0 Å². The number of nitrogens with zero attached hydrogens (tertiary/aromatic N) is 2. The average molecular weight is 281 g/mol. The molecule has 0 aromatic heterocycles. The molecule has 3 nitrogen and oxygen atoms in total. The van der Waals surface area contributed by atoms with Gasteiger partial charge in [0.15, 0.2) is 0 Å². The smallest absolute Gasteiger partial charge is 0.128 e. The van der Waals surface area contributed by atoms with Crippen molar-refractivity contribution in [3.63, 3.8) is 0 Å². The summed E-state index contributed by atoms with van der Waals surface area (Å²) in [6, 6.07) is 3.64. The second kappa shape index (κ2) is 5.76. The van der Waals surface area contributed by atoms with E-state index in [1.165, 1.54) is 25.5 Å². The van der Waals surface area contributed by atoms with Gasteiger partial charge in [-0.2, -0.15) is 0 Å². The summed E-state index contributed by atoms with van der Waals surface area (Å²) in [5.41, 5.74) is 6.35. The molecule has 0 bridgehead atoms. The van der Waals surface area contributed by atoms with Crippen LogP contribution in [-0.2, 0) is 0 Å². The third-order valence-corrected chi connectivity index (χ3v) is 4.48. The molecule has 5 heteroatoms. The summed E-state index contributed by atoms with van der Waals surface area (Å²) in [6.07, 6.45) is 2.50. The van der Waals surface area contributed by atoms with Crippen LogP contribution in [0.25, 0.3) is 0 Å². The lowest BCUT2D eigenvalue weighted by molar-refractivity contribution is 0.0995. The third-order valence-electron chi connectivity index (χ3n) is 4.48. The molecule has 1 aromatic carbocycles. The molecule has 2 saturated heterocycles. The minimum Gasteiger partial charge on any atom is -0.323 e. The number of benzene rings is 1. The molecule has 2 unspecified atom stereocenters. The fourth-order valence-electron chi connectivity index (χ4n) is 3.40. The lowest BCUT2D eigenvalue weighted by Gasteiger charge is -2.38. The molecule has 3 rings (SSSR count). The van der Waals surface area contributed by atoms with E-state index >= 15 is 0 Å². The molecule has 0 amide bonds. The van der Waals surface area contributed by atoms with Gasteiger partial charge in [-0.1, -0.05) is 0 Å². The molecule has 2 N–H and O–H groups in total. The summed E-state index contributed by atoms with van der Waals surface area (Å²) in [7, 11) is 0. The molecule has 20 heavy (non-hydrogen) atoms. The van der Waals surface area contributed by atoms with E-state index in [1.807, 2.05) is 0 Å². The zero-order valence-corrected chi connectivity index (χ0v) is 11.6. The Morgan fingerprint density at radius 2 is 2.10 bits per heavy atom. The minimum absolute atomic E-state index is 0.277. The summed E-state index contributed by atoms with van der Waals surface area (Å²) in [4.78, 5) is 4.80. The Labute approximate surface area is 118 Å². The predicted molar refractivity (Wildman–Crippen MR) is 74.3 cm³/mol. The quantitative estimate of drug-likeness (QED) is 0.916. The van der Waals surface area contributed by atoms with Crippen molar-refractivity contribution in [2.45, 2.75) is 24.9 Å². The molecule has 2 heterocycles. The fraction of sp³-hybridized carbons (Fsp3) is 0.600. The van der Waals surface area contributed by atoms with Crippen molar-refractivity contribution in [3.05, 3.63) is 35.4 Å². The van der Waals surface area contributed by atoms with Crippen molar-refractivity contribution in [2.75, 3.05) is 32.7 Å². The van der Waals surface area contributed by atoms with Gasteiger partial charge < -0.3 is 5.73 Å². The number of hydrogen-bond donors (Lipinski definition) is 1. The first-order chi connectivity index (χ1) is 9.63. The van der Waals surface area contributed by atoms with E-state index in [4.69, 9.17) is 5.73 Å². The Hall–Kier alpha value is -1.04. The van der Waals surface area contributed by atoms with Gasteiger partial charge in [-0.05, 0) is 37.6 Å². The number of nitrogens with two attached hydrogens (primary N) is 1. The average Bonchev–Trinajstić information content (AvgIpc) is 2.89. The number of piperazine rings is 1. The molecule has 2 aliphatic heterocycles. The molecular formula is C15H21F2N3. The van der Waals surface area contributed by atoms with Crippen molar-refractivity contribution in [3.8, 4) is 0 Å². The summed E-state index contributed by atoms with van der Waals surface area (Å²) in [6.45, 7) is 4.79. The Morgan fingerprint density at radius 1 is 1.25 bits per heavy atom. The van der Waals surface area contributed by atoms with Crippen LogP contribution in [0.1, 0.15) is 24.4 Å². The zero-order valence-electron chi connectivity index (χ0n) is 11.6. The normalized spacial score (nSPS) is 25.6.